The fourth-order valence-electron chi connectivity index (χ4n) is 1.52. The Balaban J connectivity index is 3.21. The highest BCUT2D eigenvalue weighted by Gasteiger charge is 2.22. The first-order chi connectivity index (χ1) is 10.2. The number of hydrogen-bond acceptors (Lipinski definition) is 3. The van der Waals surface area contributed by atoms with Gasteiger partial charge >= 0.3 is 0 Å². The zero-order valence-electron chi connectivity index (χ0n) is 12.3. The third-order valence-electron chi connectivity index (χ3n) is 2.64. The van der Waals surface area contributed by atoms with Gasteiger partial charge < -0.3 is 5.32 Å². The molecular formula is C14H18Cl2N2O3S. The Kier molecular flexibility index (Phi) is 6.87. The average Bonchev–Trinajstić information content (AvgIpc) is 2.42. The molecule has 0 unspecified atom stereocenters. The van der Waals surface area contributed by atoms with E-state index in [1.807, 2.05) is 13.8 Å². The van der Waals surface area contributed by atoms with Crippen molar-refractivity contribution in [2.24, 2.45) is 5.92 Å². The number of amides is 1. The smallest absolute Gasteiger partial charge is 0.253 e. The molecule has 0 saturated carbocycles. The topological polar surface area (TPSA) is 75.3 Å². The molecule has 0 atom stereocenters. The summed E-state index contributed by atoms with van der Waals surface area (Å²) in [4.78, 5) is 11.8. The quantitative estimate of drug-likeness (QED) is 0.730. The molecule has 0 aliphatic heterocycles. The lowest BCUT2D eigenvalue weighted by Crippen LogP contribution is -2.29. The number of halogens is 2. The molecule has 0 heterocycles. The highest BCUT2D eigenvalue weighted by molar-refractivity contribution is 7.89. The Labute approximate surface area is 140 Å². The third kappa shape index (κ3) is 4.98. The minimum absolute atomic E-state index is 0.0397. The van der Waals surface area contributed by atoms with E-state index in [9.17, 15) is 13.2 Å². The van der Waals surface area contributed by atoms with Gasteiger partial charge in [-0.1, -0.05) is 43.1 Å². The van der Waals surface area contributed by atoms with Crippen molar-refractivity contribution in [1.82, 2.24) is 10.0 Å². The predicted molar refractivity (Wildman–Crippen MR) is 89.0 cm³/mol. The van der Waals surface area contributed by atoms with Gasteiger partial charge in [-0.2, -0.15) is 0 Å². The minimum Gasteiger partial charge on any atom is -0.349 e. The van der Waals surface area contributed by atoms with Gasteiger partial charge in [-0.25, -0.2) is 13.1 Å². The molecule has 0 aliphatic rings. The van der Waals surface area contributed by atoms with Crippen molar-refractivity contribution in [1.29, 1.82) is 0 Å². The van der Waals surface area contributed by atoms with E-state index < -0.39 is 15.9 Å². The molecular weight excluding hydrogens is 347 g/mol. The monoisotopic (exact) mass is 364 g/mol. The standard InChI is InChI=1S/C14H18Cl2N2O3S/c1-4-5-17-14(19)10-6-13(12(16)7-11(10)15)22(20,21)18-8-9(2)3/h4,6-7,9,18H,1,5,8H2,2-3H3,(H,17,19). The van der Waals surface area contributed by atoms with E-state index in [2.05, 4.69) is 16.6 Å². The van der Waals surface area contributed by atoms with Gasteiger partial charge in [-0.15, -0.1) is 6.58 Å². The van der Waals surface area contributed by atoms with E-state index in [1.54, 1.807) is 0 Å². The third-order valence-corrected chi connectivity index (χ3v) is 4.85. The number of rotatable bonds is 7. The number of carbonyl (C=O) groups excluding carboxylic acids is 1. The van der Waals surface area contributed by atoms with Crippen molar-refractivity contribution >= 4 is 39.1 Å². The Morgan fingerprint density at radius 2 is 1.95 bits per heavy atom. The number of carbonyl (C=O) groups is 1. The molecule has 0 bridgehead atoms. The van der Waals surface area contributed by atoms with Crippen LogP contribution in [-0.2, 0) is 10.0 Å². The Hall–Kier alpha value is -1.08. The number of nitrogens with one attached hydrogen (secondary N) is 2. The molecule has 8 heteroatoms. The van der Waals surface area contributed by atoms with Crippen LogP contribution >= 0.6 is 23.2 Å². The van der Waals surface area contributed by atoms with Crippen LogP contribution in [0, 0.1) is 5.92 Å². The normalized spacial score (nSPS) is 11.5. The molecule has 1 aromatic carbocycles. The van der Waals surface area contributed by atoms with Gasteiger partial charge in [0, 0.05) is 13.1 Å². The Morgan fingerprint density at radius 3 is 2.50 bits per heavy atom. The molecule has 0 saturated heterocycles. The first-order valence-corrected chi connectivity index (χ1v) is 8.80. The Bertz CT molecular complexity index is 673. The number of hydrogen-bond donors (Lipinski definition) is 2. The van der Waals surface area contributed by atoms with Gasteiger partial charge in [0.15, 0.2) is 0 Å². The van der Waals surface area contributed by atoms with E-state index in [1.165, 1.54) is 18.2 Å². The van der Waals surface area contributed by atoms with Crippen molar-refractivity contribution in [2.45, 2.75) is 18.7 Å². The van der Waals surface area contributed by atoms with E-state index >= 15 is 0 Å². The van der Waals surface area contributed by atoms with Crippen LogP contribution in [0.4, 0.5) is 0 Å². The van der Waals surface area contributed by atoms with Crippen LogP contribution in [0.1, 0.15) is 24.2 Å². The zero-order valence-corrected chi connectivity index (χ0v) is 14.6. The predicted octanol–water partition coefficient (Wildman–Crippen LogP) is 2.84. The lowest BCUT2D eigenvalue weighted by atomic mass is 10.2. The molecule has 0 aliphatic carbocycles. The Morgan fingerprint density at radius 1 is 1.32 bits per heavy atom. The summed E-state index contributed by atoms with van der Waals surface area (Å²) in [5.74, 6) is -0.363. The largest absolute Gasteiger partial charge is 0.349 e. The summed E-state index contributed by atoms with van der Waals surface area (Å²) in [5.41, 5.74) is 0.0397. The van der Waals surface area contributed by atoms with E-state index in [0.29, 0.717) is 0 Å². The highest BCUT2D eigenvalue weighted by Crippen LogP contribution is 2.28. The number of benzene rings is 1. The van der Waals surface area contributed by atoms with Crippen LogP contribution in [0.15, 0.2) is 29.7 Å². The molecule has 1 amide bonds. The molecule has 0 spiro atoms. The highest BCUT2D eigenvalue weighted by atomic mass is 35.5. The molecule has 122 valence electrons. The fraction of sp³-hybridized carbons (Fsp3) is 0.357. The van der Waals surface area contributed by atoms with Crippen molar-refractivity contribution in [2.75, 3.05) is 13.1 Å². The second-order valence-corrected chi connectivity index (χ2v) is 7.56. The van der Waals surface area contributed by atoms with Crippen molar-refractivity contribution in [3.8, 4) is 0 Å². The summed E-state index contributed by atoms with van der Waals surface area (Å²) in [6, 6.07) is 2.42. The van der Waals surface area contributed by atoms with Gasteiger partial charge in [0.25, 0.3) is 5.91 Å². The summed E-state index contributed by atoms with van der Waals surface area (Å²) in [6.45, 7) is 7.74. The summed E-state index contributed by atoms with van der Waals surface area (Å²) < 4.78 is 27.0. The lowest BCUT2D eigenvalue weighted by Gasteiger charge is -2.12. The van der Waals surface area contributed by atoms with Crippen LogP contribution in [0.25, 0.3) is 0 Å². The van der Waals surface area contributed by atoms with Crippen LogP contribution in [0.2, 0.25) is 10.0 Å². The second kappa shape index (κ2) is 7.97. The van der Waals surface area contributed by atoms with Gasteiger partial charge in [0.1, 0.15) is 4.90 Å². The van der Waals surface area contributed by atoms with Crippen molar-refractivity contribution < 1.29 is 13.2 Å². The molecule has 0 aromatic heterocycles. The van der Waals surface area contributed by atoms with Gasteiger partial charge in [0.2, 0.25) is 10.0 Å². The fourth-order valence-corrected chi connectivity index (χ4v) is 3.59. The molecule has 5 nitrogen and oxygen atoms in total. The van der Waals surface area contributed by atoms with Gasteiger partial charge in [0.05, 0.1) is 15.6 Å². The minimum atomic E-state index is -3.82. The average molecular weight is 365 g/mol. The van der Waals surface area contributed by atoms with E-state index in [4.69, 9.17) is 23.2 Å². The molecule has 1 aromatic rings. The van der Waals surface area contributed by atoms with Gasteiger partial charge in [-0.3, -0.25) is 4.79 Å². The van der Waals surface area contributed by atoms with Crippen LogP contribution in [-0.4, -0.2) is 27.4 Å². The maximum absolute atomic E-state index is 12.3. The molecule has 1 rings (SSSR count). The van der Waals surface area contributed by atoms with Crippen molar-refractivity contribution in [3.05, 3.63) is 40.4 Å². The molecule has 0 radical (unpaired) electrons. The maximum atomic E-state index is 12.3. The van der Waals surface area contributed by atoms with Crippen molar-refractivity contribution in [3.63, 3.8) is 0 Å². The van der Waals surface area contributed by atoms with E-state index in [0.717, 1.165) is 0 Å². The lowest BCUT2D eigenvalue weighted by molar-refractivity contribution is 0.0958. The van der Waals surface area contributed by atoms with Crippen LogP contribution < -0.4 is 10.0 Å². The first kappa shape index (κ1) is 19.0. The summed E-state index contributed by atoms with van der Waals surface area (Å²) in [6.07, 6.45) is 1.50. The summed E-state index contributed by atoms with van der Waals surface area (Å²) in [7, 11) is -3.82. The summed E-state index contributed by atoms with van der Waals surface area (Å²) in [5, 5.41) is 2.58. The maximum Gasteiger partial charge on any atom is 0.253 e. The van der Waals surface area contributed by atoms with Gasteiger partial charge in [-0.05, 0) is 18.1 Å². The molecule has 0 fully saturated rings. The molecule has 22 heavy (non-hydrogen) atoms. The first-order valence-electron chi connectivity index (χ1n) is 6.56. The van der Waals surface area contributed by atoms with Crippen LogP contribution in [0.3, 0.4) is 0 Å². The number of sulfonamides is 1. The molecule has 2 N–H and O–H groups in total. The zero-order chi connectivity index (χ0) is 16.9. The SMILES string of the molecule is C=CCNC(=O)c1cc(S(=O)(=O)NCC(C)C)c(Cl)cc1Cl. The van der Waals surface area contributed by atoms with Crippen LogP contribution in [0.5, 0.6) is 0 Å². The second-order valence-electron chi connectivity index (χ2n) is 5.01. The van der Waals surface area contributed by atoms with E-state index in [-0.39, 0.29) is 39.5 Å². The summed E-state index contributed by atoms with van der Waals surface area (Å²) >= 11 is 11.9.